The number of aryl methyl sites for hydroxylation is 4. The van der Waals surface area contributed by atoms with Gasteiger partial charge in [-0.05, 0) is 146 Å². The first-order chi connectivity index (χ1) is 19.3. The Balaban J connectivity index is 1.16. The summed E-state index contributed by atoms with van der Waals surface area (Å²) in [7, 11) is 0. The van der Waals surface area contributed by atoms with Crippen molar-refractivity contribution in [2.24, 2.45) is 0 Å². The maximum absolute atomic E-state index is 5.84. The van der Waals surface area contributed by atoms with Crippen LogP contribution in [-0.2, 0) is 25.7 Å². The summed E-state index contributed by atoms with van der Waals surface area (Å²) in [5.41, 5.74) is 27.6. The van der Waals surface area contributed by atoms with Crippen molar-refractivity contribution in [3.05, 3.63) is 128 Å². The second-order valence-electron chi connectivity index (χ2n) is 11.9. The van der Waals surface area contributed by atoms with E-state index in [1.165, 1.54) is 95.9 Å². The first kappa shape index (κ1) is 29.5. The molecule has 0 spiro atoms. The topological polar surface area (TPSA) is 52.0 Å². The molecule has 4 rings (SSSR count). The minimum absolute atomic E-state index is 0.827. The van der Waals surface area contributed by atoms with Crippen molar-refractivity contribution in [1.29, 1.82) is 0 Å². The van der Waals surface area contributed by atoms with Crippen LogP contribution in [0.1, 0.15) is 94.2 Å². The number of unbranched alkanes of at least 4 members (excludes halogenated alkanes) is 5. The van der Waals surface area contributed by atoms with Crippen molar-refractivity contribution in [3.8, 4) is 0 Å². The number of nitrogen functional groups attached to an aromatic ring is 2. The number of hydrogen-bond acceptors (Lipinski definition) is 2. The van der Waals surface area contributed by atoms with Crippen LogP contribution in [0.4, 0.5) is 11.4 Å². The molecule has 210 valence electrons. The van der Waals surface area contributed by atoms with Crippen LogP contribution < -0.4 is 11.5 Å². The standard InChI is InChI=1S/C38H48N2/c1-27-21-33(25-31-13-17-35(39)18-14-31)22-28(2)37(27)11-9-7-5-6-8-10-12-38-29(3)23-34(24-30(38)4)26-32-15-19-36(40)20-16-32/h13-24H,5-12,25-26,39-40H2,1-4H3. The number of hydrogen-bond donors (Lipinski definition) is 2. The molecule has 0 heterocycles. The van der Waals surface area contributed by atoms with Crippen LogP contribution in [0.2, 0.25) is 0 Å². The molecule has 40 heavy (non-hydrogen) atoms. The Kier molecular flexibility index (Phi) is 10.5. The molecule has 2 heteroatoms. The van der Waals surface area contributed by atoms with Gasteiger partial charge in [0.1, 0.15) is 0 Å². The van der Waals surface area contributed by atoms with E-state index < -0.39 is 0 Å². The Morgan fingerprint density at radius 1 is 0.400 bits per heavy atom. The lowest BCUT2D eigenvalue weighted by atomic mass is 9.92. The van der Waals surface area contributed by atoms with Crippen LogP contribution in [0.5, 0.6) is 0 Å². The van der Waals surface area contributed by atoms with Crippen LogP contribution in [0.3, 0.4) is 0 Å². The van der Waals surface area contributed by atoms with Gasteiger partial charge in [-0.3, -0.25) is 0 Å². The zero-order chi connectivity index (χ0) is 28.5. The van der Waals surface area contributed by atoms with Gasteiger partial charge in [0.25, 0.3) is 0 Å². The predicted molar refractivity (Wildman–Crippen MR) is 174 cm³/mol. The highest BCUT2D eigenvalue weighted by Gasteiger charge is 2.08. The molecule has 0 fully saturated rings. The van der Waals surface area contributed by atoms with Gasteiger partial charge in [0.15, 0.2) is 0 Å². The normalized spacial score (nSPS) is 11.2. The Morgan fingerprint density at radius 3 is 1.02 bits per heavy atom. The van der Waals surface area contributed by atoms with Crippen molar-refractivity contribution >= 4 is 11.4 Å². The average molecular weight is 533 g/mol. The lowest BCUT2D eigenvalue weighted by Crippen LogP contribution is -1.99. The van der Waals surface area contributed by atoms with Crippen molar-refractivity contribution in [2.75, 3.05) is 11.5 Å². The van der Waals surface area contributed by atoms with Crippen molar-refractivity contribution in [1.82, 2.24) is 0 Å². The zero-order valence-electron chi connectivity index (χ0n) is 25.2. The molecule has 4 aromatic carbocycles. The highest BCUT2D eigenvalue weighted by atomic mass is 14.5. The van der Waals surface area contributed by atoms with Gasteiger partial charge in [-0.1, -0.05) is 74.2 Å². The molecule has 4 aromatic rings. The quantitative estimate of drug-likeness (QED) is 0.133. The molecule has 0 radical (unpaired) electrons. The van der Waals surface area contributed by atoms with Crippen LogP contribution >= 0.6 is 0 Å². The fraction of sp³-hybridized carbons (Fsp3) is 0.368. The van der Waals surface area contributed by atoms with Crippen molar-refractivity contribution in [2.45, 2.75) is 91.9 Å². The molecule has 0 saturated heterocycles. The third kappa shape index (κ3) is 8.49. The van der Waals surface area contributed by atoms with E-state index in [1.807, 2.05) is 24.3 Å². The molecule has 4 N–H and O–H groups in total. The van der Waals surface area contributed by atoms with Crippen LogP contribution in [-0.4, -0.2) is 0 Å². The molecule has 0 aliphatic heterocycles. The van der Waals surface area contributed by atoms with Gasteiger partial charge >= 0.3 is 0 Å². The largest absolute Gasteiger partial charge is 0.399 e. The summed E-state index contributed by atoms with van der Waals surface area (Å²) in [4.78, 5) is 0. The summed E-state index contributed by atoms with van der Waals surface area (Å²) < 4.78 is 0. The van der Waals surface area contributed by atoms with E-state index in [-0.39, 0.29) is 0 Å². The molecule has 0 aliphatic rings. The van der Waals surface area contributed by atoms with E-state index in [0.29, 0.717) is 0 Å². The second kappa shape index (κ2) is 14.2. The van der Waals surface area contributed by atoms with Crippen molar-refractivity contribution < 1.29 is 0 Å². The summed E-state index contributed by atoms with van der Waals surface area (Å²) in [6.45, 7) is 9.12. The molecule has 0 bridgehead atoms. The maximum atomic E-state index is 5.84. The van der Waals surface area contributed by atoms with Crippen LogP contribution in [0.25, 0.3) is 0 Å². The SMILES string of the molecule is Cc1cc(Cc2ccc(N)cc2)cc(C)c1CCCCCCCCc1c(C)cc(Cc2ccc(N)cc2)cc1C. The molecule has 0 amide bonds. The van der Waals surface area contributed by atoms with Crippen LogP contribution in [0, 0.1) is 27.7 Å². The van der Waals surface area contributed by atoms with E-state index >= 15 is 0 Å². The first-order valence-corrected chi connectivity index (χ1v) is 15.2. The van der Waals surface area contributed by atoms with Gasteiger partial charge in [-0.15, -0.1) is 0 Å². The molecule has 0 atom stereocenters. The highest BCUT2D eigenvalue weighted by molar-refractivity contribution is 5.44. The number of benzene rings is 4. The molecule has 2 nitrogen and oxygen atoms in total. The van der Waals surface area contributed by atoms with Gasteiger partial charge in [0.05, 0.1) is 0 Å². The maximum Gasteiger partial charge on any atom is 0.0314 e. The van der Waals surface area contributed by atoms with E-state index in [2.05, 4.69) is 76.2 Å². The van der Waals surface area contributed by atoms with Crippen LogP contribution in [0.15, 0.2) is 72.8 Å². The fourth-order valence-electron chi connectivity index (χ4n) is 6.21. The summed E-state index contributed by atoms with van der Waals surface area (Å²) in [6, 6.07) is 26.0. The third-order valence-electron chi connectivity index (χ3n) is 8.39. The monoisotopic (exact) mass is 532 g/mol. The Bertz CT molecular complexity index is 1230. The van der Waals surface area contributed by atoms with E-state index in [1.54, 1.807) is 11.1 Å². The summed E-state index contributed by atoms with van der Waals surface area (Å²) in [6.07, 6.45) is 12.2. The average Bonchev–Trinajstić information content (AvgIpc) is 2.91. The van der Waals surface area contributed by atoms with Crippen molar-refractivity contribution in [3.63, 3.8) is 0 Å². The third-order valence-corrected chi connectivity index (χ3v) is 8.39. The Labute approximate surface area is 242 Å². The van der Waals surface area contributed by atoms with Gasteiger partial charge in [-0.25, -0.2) is 0 Å². The lowest BCUT2D eigenvalue weighted by molar-refractivity contribution is 0.592. The predicted octanol–water partition coefficient (Wildman–Crippen LogP) is 9.39. The van der Waals surface area contributed by atoms with Gasteiger partial charge < -0.3 is 11.5 Å². The Hall–Kier alpha value is -3.52. The molecule has 0 aliphatic carbocycles. The highest BCUT2D eigenvalue weighted by Crippen LogP contribution is 2.24. The minimum atomic E-state index is 0.827. The van der Waals surface area contributed by atoms with E-state index in [0.717, 1.165) is 24.2 Å². The fourth-order valence-corrected chi connectivity index (χ4v) is 6.21. The lowest BCUT2D eigenvalue weighted by Gasteiger charge is -2.14. The smallest absolute Gasteiger partial charge is 0.0314 e. The minimum Gasteiger partial charge on any atom is -0.399 e. The number of rotatable bonds is 13. The Morgan fingerprint density at radius 2 is 0.700 bits per heavy atom. The summed E-state index contributed by atoms with van der Waals surface area (Å²) in [5.74, 6) is 0. The molecule has 0 saturated carbocycles. The number of nitrogens with two attached hydrogens (primary N) is 2. The van der Waals surface area contributed by atoms with Gasteiger partial charge in [-0.2, -0.15) is 0 Å². The molecular weight excluding hydrogens is 484 g/mol. The molecule has 0 aromatic heterocycles. The van der Waals surface area contributed by atoms with E-state index in [4.69, 9.17) is 11.5 Å². The number of anilines is 2. The molecule has 0 unspecified atom stereocenters. The summed E-state index contributed by atoms with van der Waals surface area (Å²) >= 11 is 0. The van der Waals surface area contributed by atoms with E-state index in [9.17, 15) is 0 Å². The first-order valence-electron chi connectivity index (χ1n) is 15.2. The summed E-state index contributed by atoms with van der Waals surface area (Å²) in [5, 5.41) is 0. The second-order valence-corrected chi connectivity index (χ2v) is 11.9. The van der Waals surface area contributed by atoms with Gasteiger partial charge in [0.2, 0.25) is 0 Å². The van der Waals surface area contributed by atoms with Gasteiger partial charge in [0, 0.05) is 11.4 Å². The zero-order valence-corrected chi connectivity index (χ0v) is 25.2. The molecular formula is C38H48N2.